The standard InChI is InChI=1S/C24H25NO6/c1-27-18-8-7-14-13-17(25-23(26)30-15-5-3-2-4-6-15)16-9-10-24(28-11-12-29-24)22-20(16)19(14)21(18)31-22/h2-8,16-17,20,22H,9-13H2,1H3,(H,25,26)/t16?,17?,20?,22-/m0/s1. The molecule has 3 unspecified atom stereocenters. The van der Waals surface area contributed by atoms with Crippen molar-refractivity contribution in [3.8, 4) is 17.2 Å². The van der Waals surface area contributed by atoms with Crippen molar-refractivity contribution in [2.45, 2.75) is 43.1 Å². The van der Waals surface area contributed by atoms with Crippen LogP contribution in [-0.4, -0.2) is 44.3 Å². The van der Waals surface area contributed by atoms with Crippen molar-refractivity contribution < 1.29 is 28.5 Å². The molecule has 31 heavy (non-hydrogen) atoms. The molecule has 2 aliphatic carbocycles. The van der Waals surface area contributed by atoms with Crippen LogP contribution in [0.4, 0.5) is 4.79 Å². The minimum absolute atomic E-state index is 0.0575. The Labute approximate surface area is 180 Å². The van der Waals surface area contributed by atoms with Gasteiger partial charge in [-0.05, 0) is 42.5 Å². The number of rotatable bonds is 3. The maximum absolute atomic E-state index is 12.7. The number of benzene rings is 2. The molecular weight excluding hydrogens is 398 g/mol. The molecule has 1 spiro atoms. The van der Waals surface area contributed by atoms with Gasteiger partial charge in [0.05, 0.1) is 20.3 Å². The lowest BCUT2D eigenvalue weighted by molar-refractivity contribution is -0.236. The maximum Gasteiger partial charge on any atom is 0.412 e. The average molecular weight is 423 g/mol. The summed E-state index contributed by atoms with van der Waals surface area (Å²) in [5, 5.41) is 3.13. The number of para-hydroxylation sites is 1. The summed E-state index contributed by atoms with van der Waals surface area (Å²) in [4.78, 5) is 12.7. The molecule has 2 fully saturated rings. The summed E-state index contributed by atoms with van der Waals surface area (Å²) in [7, 11) is 1.66. The Morgan fingerprint density at radius 1 is 1.13 bits per heavy atom. The minimum atomic E-state index is -0.727. The van der Waals surface area contributed by atoms with Crippen LogP contribution in [0.15, 0.2) is 42.5 Å². The van der Waals surface area contributed by atoms with Gasteiger partial charge in [-0.3, -0.25) is 0 Å². The maximum atomic E-state index is 12.7. The van der Waals surface area contributed by atoms with Gasteiger partial charge in [0.25, 0.3) is 0 Å². The van der Waals surface area contributed by atoms with Crippen molar-refractivity contribution in [2.75, 3.05) is 20.3 Å². The summed E-state index contributed by atoms with van der Waals surface area (Å²) in [6.07, 6.45) is 1.64. The largest absolute Gasteiger partial charge is 0.493 e. The number of carbonyl (C=O) groups is 1. The van der Waals surface area contributed by atoms with Crippen molar-refractivity contribution in [2.24, 2.45) is 5.92 Å². The van der Waals surface area contributed by atoms with Crippen LogP contribution in [0.25, 0.3) is 0 Å². The Morgan fingerprint density at radius 3 is 2.71 bits per heavy atom. The van der Waals surface area contributed by atoms with Crippen molar-refractivity contribution >= 4 is 6.09 Å². The quantitative estimate of drug-likeness (QED) is 0.816. The van der Waals surface area contributed by atoms with Gasteiger partial charge < -0.3 is 29.0 Å². The van der Waals surface area contributed by atoms with Crippen LogP contribution >= 0.6 is 0 Å². The second-order valence-corrected chi connectivity index (χ2v) is 8.60. The summed E-state index contributed by atoms with van der Waals surface area (Å²) in [5.74, 6) is 1.60. The van der Waals surface area contributed by atoms with E-state index in [1.54, 1.807) is 19.2 Å². The van der Waals surface area contributed by atoms with Crippen LogP contribution in [0.3, 0.4) is 0 Å². The molecule has 162 valence electrons. The summed E-state index contributed by atoms with van der Waals surface area (Å²) >= 11 is 0. The molecule has 1 N–H and O–H groups in total. The highest BCUT2D eigenvalue weighted by atomic mass is 16.8. The predicted molar refractivity (Wildman–Crippen MR) is 111 cm³/mol. The molecule has 2 aromatic carbocycles. The lowest BCUT2D eigenvalue weighted by Crippen LogP contribution is -2.58. The lowest BCUT2D eigenvalue weighted by atomic mass is 9.63. The van der Waals surface area contributed by atoms with Gasteiger partial charge in [0.2, 0.25) is 5.79 Å². The smallest absolute Gasteiger partial charge is 0.412 e. The summed E-state index contributed by atoms with van der Waals surface area (Å²) in [5.41, 5.74) is 2.35. The zero-order valence-electron chi connectivity index (χ0n) is 17.3. The fraction of sp³-hybridized carbons (Fsp3) is 0.458. The van der Waals surface area contributed by atoms with Crippen LogP contribution in [0.1, 0.15) is 29.9 Å². The van der Waals surface area contributed by atoms with Crippen molar-refractivity contribution in [1.82, 2.24) is 5.32 Å². The highest BCUT2D eigenvalue weighted by Gasteiger charge is 2.62. The van der Waals surface area contributed by atoms with E-state index in [1.807, 2.05) is 24.3 Å². The van der Waals surface area contributed by atoms with Gasteiger partial charge in [-0.15, -0.1) is 0 Å². The molecule has 2 aromatic rings. The van der Waals surface area contributed by atoms with E-state index in [0.29, 0.717) is 19.0 Å². The number of ether oxygens (including phenoxy) is 5. The number of amides is 1. The Kier molecular flexibility index (Phi) is 4.36. The van der Waals surface area contributed by atoms with Gasteiger partial charge in [0.1, 0.15) is 5.75 Å². The van der Waals surface area contributed by atoms with Crippen molar-refractivity contribution in [3.63, 3.8) is 0 Å². The van der Waals surface area contributed by atoms with E-state index in [9.17, 15) is 4.79 Å². The van der Waals surface area contributed by atoms with E-state index in [1.165, 1.54) is 11.1 Å². The van der Waals surface area contributed by atoms with Gasteiger partial charge in [-0.2, -0.15) is 0 Å². The van der Waals surface area contributed by atoms with Gasteiger partial charge in [0.15, 0.2) is 17.6 Å². The molecule has 7 nitrogen and oxygen atoms in total. The molecule has 1 saturated carbocycles. The molecule has 0 bridgehead atoms. The molecule has 2 heterocycles. The number of methoxy groups -OCH3 is 1. The lowest BCUT2D eigenvalue weighted by Gasteiger charge is -2.47. The second-order valence-electron chi connectivity index (χ2n) is 8.60. The van der Waals surface area contributed by atoms with Gasteiger partial charge in [-0.25, -0.2) is 4.79 Å². The molecular formula is C24H25NO6. The Balaban J connectivity index is 1.33. The Morgan fingerprint density at radius 2 is 1.94 bits per heavy atom. The van der Waals surface area contributed by atoms with Gasteiger partial charge in [0, 0.05) is 23.9 Å². The number of nitrogens with one attached hydrogen (secondary N) is 1. The third-order valence-electron chi connectivity index (χ3n) is 7.09. The molecule has 7 heteroatoms. The molecule has 1 saturated heterocycles. The first-order valence-corrected chi connectivity index (χ1v) is 10.9. The molecule has 2 aliphatic heterocycles. The van der Waals surface area contributed by atoms with E-state index in [0.717, 1.165) is 30.8 Å². The SMILES string of the molecule is COc1ccc2c3c1O[C@H]1C3C(CCC13OCCO3)C(NC(=O)Oc1ccccc1)C2. The molecule has 1 amide bonds. The summed E-state index contributed by atoms with van der Waals surface area (Å²) in [6.45, 7) is 1.14. The zero-order valence-corrected chi connectivity index (χ0v) is 17.3. The fourth-order valence-electron chi connectivity index (χ4n) is 5.84. The number of fused-ring (bicyclic) bond motifs is 1. The van der Waals surface area contributed by atoms with Crippen LogP contribution in [0.2, 0.25) is 0 Å². The van der Waals surface area contributed by atoms with Gasteiger partial charge in [-0.1, -0.05) is 24.3 Å². The zero-order chi connectivity index (χ0) is 21.0. The molecule has 0 radical (unpaired) electrons. The summed E-state index contributed by atoms with van der Waals surface area (Å²) in [6, 6.07) is 13.1. The molecule has 4 atom stereocenters. The fourth-order valence-corrected chi connectivity index (χ4v) is 5.84. The average Bonchev–Trinajstić information content (AvgIpc) is 3.41. The number of hydrogen-bond acceptors (Lipinski definition) is 6. The van der Waals surface area contributed by atoms with Gasteiger partial charge >= 0.3 is 6.09 Å². The predicted octanol–water partition coefficient (Wildman–Crippen LogP) is 3.41. The van der Waals surface area contributed by atoms with E-state index in [4.69, 9.17) is 23.7 Å². The first-order chi connectivity index (χ1) is 15.2. The highest BCUT2D eigenvalue weighted by molar-refractivity contribution is 5.71. The topological polar surface area (TPSA) is 75.3 Å². The highest BCUT2D eigenvalue weighted by Crippen LogP contribution is 2.60. The van der Waals surface area contributed by atoms with E-state index in [2.05, 4.69) is 11.4 Å². The van der Waals surface area contributed by atoms with E-state index < -0.39 is 11.9 Å². The first-order valence-electron chi connectivity index (χ1n) is 10.9. The van der Waals surface area contributed by atoms with Crippen molar-refractivity contribution in [3.05, 3.63) is 53.6 Å². The minimum Gasteiger partial charge on any atom is -0.493 e. The van der Waals surface area contributed by atoms with E-state index in [-0.39, 0.29) is 24.0 Å². The van der Waals surface area contributed by atoms with Crippen LogP contribution in [0, 0.1) is 5.92 Å². The molecule has 0 aromatic heterocycles. The van der Waals surface area contributed by atoms with Crippen LogP contribution in [-0.2, 0) is 15.9 Å². The van der Waals surface area contributed by atoms with Crippen LogP contribution < -0.4 is 19.5 Å². The third-order valence-corrected chi connectivity index (χ3v) is 7.09. The normalized spacial score (nSPS) is 29.2. The number of hydrogen-bond donors (Lipinski definition) is 1. The third kappa shape index (κ3) is 2.91. The second kappa shape index (κ2) is 7.14. The molecule has 6 rings (SSSR count). The Bertz CT molecular complexity index is 1000. The Hall–Kier alpha value is -2.77. The molecule has 4 aliphatic rings. The number of carbonyl (C=O) groups excluding carboxylic acids is 1. The monoisotopic (exact) mass is 423 g/mol. The summed E-state index contributed by atoms with van der Waals surface area (Å²) < 4.78 is 29.8. The van der Waals surface area contributed by atoms with Crippen LogP contribution in [0.5, 0.6) is 17.2 Å². The first kappa shape index (κ1) is 19.0. The van der Waals surface area contributed by atoms with E-state index >= 15 is 0 Å². The van der Waals surface area contributed by atoms with Crippen molar-refractivity contribution in [1.29, 1.82) is 0 Å².